The van der Waals surface area contributed by atoms with Crippen LogP contribution in [0.5, 0.6) is 0 Å². The summed E-state index contributed by atoms with van der Waals surface area (Å²) in [5, 5.41) is 0. The number of alkyl halides is 3. The number of hydrogen-bond acceptors (Lipinski definition) is 3. The number of halogens is 3. The van der Waals surface area contributed by atoms with Crippen molar-refractivity contribution in [2.75, 3.05) is 25.0 Å². The molecular formula is C18H27F3N2S. The van der Waals surface area contributed by atoms with Gasteiger partial charge in [0, 0.05) is 18.3 Å². The van der Waals surface area contributed by atoms with E-state index in [0.29, 0.717) is 11.6 Å². The highest BCUT2D eigenvalue weighted by atomic mass is 32.1. The highest BCUT2D eigenvalue weighted by molar-refractivity contribution is 7.82. The fourth-order valence-corrected chi connectivity index (χ4v) is 4.55. The lowest BCUT2D eigenvalue weighted by Crippen LogP contribution is -2.54. The smallest absolute Gasteiger partial charge is 0.355 e. The predicted octanol–water partition coefficient (Wildman–Crippen LogP) is 4.53. The van der Waals surface area contributed by atoms with Crippen LogP contribution in [0, 0.1) is 0 Å². The first-order valence-corrected chi connectivity index (χ1v) is 8.52. The van der Waals surface area contributed by atoms with E-state index in [1.165, 1.54) is 0 Å². The van der Waals surface area contributed by atoms with Crippen molar-refractivity contribution in [3.8, 4) is 0 Å². The zero-order valence-electron chi connectivity index (χ0n) is 13.5. The van der Waals surface area contributed by atoms with Gasteiger partial charge >= 0.3 is 6.18 Å². The van der Waals surface area contributed by atoms with E-state index in [-0.39, 0.29) is 12.3 Å². The maximum atomic E-state index is 12.7. The number of likely N-dealkylation sites (N-methyl/N-ethyl adjacent to an activating group) is 1. The van der Waals surface area contributed by atoms with Crippen LogP contribution in [0.15, 0.2) is 18.2 Å². The number of benzene rings is 1. The van der Waals surface area contributed by atoms with Crippen LogP contribution in [-0.4, -0.2) is 42.1 Å². The van der Waals surface area contributed by atoms with E-state index in [0.717, 1.165) is 43.6 Å². The van der Waals surface area contributed by atoms with Gasteiger partial charge in [0.1, 0.15) is 0 Å². The number of likely N-dealkylation sites (tertiary alicyclic amines) is 1. The van der Waals surface area contributed by atoms with Gasteiger partial charge < -0.3 is 9.80 Å². The van der Waals surface area contributed by atoms with Gasteiger partial charge in [-0.2, -0.15) is 13.2 Å². The number of thiol groups is 1. The Morgan fingerprint density at radius 3 is 2.54 bits per heavy atom. The van der Waals surface area contributed by atoms with Gasteiger partial charge in [0.05, 0.1) is 11.3 Å². The monoisotopic (exact) mass is 360 g/mol. The van der Waals surface area contributed by atoms with Gasteiger partial charge in [-0.1, -0.05) is 19.6 Å². The van der Waals surface area contributed by atoms with E-state index in [2.05, 4.69) is 23.8 Å². The summed E-state index contributed by atoms with van der Waals surface area (Å²) in [6, 6.07) is 5.47. The van der Waals surface area contributed by atoms with Crippen LogP contribution in [0.25, 0.3) is 0 Å². The SMILES string of the molecule is C.CN1CCCC1C(C)(S)N1CCc2ccc(CC(F)(F)F)cc21. The first kappa shape index (κ1) is 19.4. The lowest BCUT2D eigenvalue weighted by molar-refractivity contribution is -0.127. The van der Waals surface area contributed by atoms with Crippen LogP contribution < -0.4 is 4.90 Å². The van der Waals surface area contributed by atoms with Crippen molar-refractivity contribution in [2.24, 2.45) is 0 Å². The Morgan fingerprint density at radius 2 is 1.96 bits per heavy atom. The molecule has 1 aromatic carbocycles. The number of anilines is 1. The van der Waals surface area contributed by atoms with Gasteiger partial charge in [0.25, 0.3) is 0 Å². The summed E-state index contributed by atoms with van der Waals surface area (Å²) in [7, 11) is 2.10. The van der Waals surface area contributed by atoms with Gasteiger partial charge in [-0.3, -0.25) is 0 Å². The zero-order chi connectivity index (χ0) is 16.8. The zero-order valence-corrected chi connectivity index (χ0v) is 14.4. The van der Waals surface area contributed by atoms with E-state index >= 15 is 0 Å². The summed E-state index contributed by atoms with van der Waals surface area (Å²) in [5.74, 6) is 0. The molecule has 2 nitrogen and oxygen atoms in total. The van der Waals surface area contributed by atoms with E-state index in [1.807, 2.05) is 6.07 Å². The molecule has 0 radical (unpaired) electrons. The molecule has 136 valence electrons. The second-order valence-electron chi connectivity index (χ2n) is 6.89. The standard InChI is InChI=1S/C17H23F3N2S.CH4/c1-16(23,15-4-3-8-21(15)2)22-9-7-13-6-5-12(10-14(13)22)11-17(18,19)20;/h5-6,10,15,23H,3-4,7-9,11H2,1-2H3;1H4. The fourth-order valence-electron chi connectivity index (χ4n) is 4.02. The second-order valence-corrected chi connectivity index (χ2v) is 7.79. The highest BCUT2D eigenvalue weighted by Gasteiger charge is 2.43. The van der Waals surface area contributed by atoms with Gasteiger partial charge in [0.2, 0.25) is 0 Å². The van der Waals surface area contributed by atoms with Crippen LogP contribution in [0.4, 0.5) is 18.9 Å². The van der Waals surface area contributed by atoms with Crippen molar-refractivity contribution < 1.29 is 13.2 Å². The van der Waals surface area contributed by atoms with Crippen LogP contribution >= 0.6 is 12.6 Å². The van der Waals surface area contributed by atoms with Crippen molar-refractivity contribution in [3.63, 3.8) is 0 Å². The maximum absolute atomic E-state index is 12.7. The lowest BCUT2D eigenvalue weighted by atomic mass is 10.0. The molecule has 2 aliphatic rings. The summed E-state index contributed by atoms with van der Waals surface area (Å²) in [6.07, 6.45) is -1.96. The van der Waals surface area contributed by atoms with Crippen molar-refractivity contribution in [2.45, 2.75) is 57.1 Å². The first-order valence-electron chi connectivity index (χ1n) is 8.07. The topological polar surface area (TPSA) is 6.48 Å². The van der Waals surface area contributed by atoms with Crippen LogP contribution in [0.1, 0.15) is 38.3 Å². The van der Waals surface area contributed by atoms with Crippen molar-refractivity contribution >= 4 is 18.3 Å². The van der Waals surface area contributed by atoms with E-state index in [1.54, 1.807) is 12.1 Å². The van der Waals surface area contributed by atoms with Crippen molar-refractivity contribution in [1.29, 1.82) is 0 Å². The first-order chi connectivity index (χ1) is 10.7. The molecule has 0 aliphatic carbocycles. The molecule has 0 saturated carbocycles. The highest BCUT2D eigenvalue weighted by Crippen LogP contribution is 2.41. The molecule has 0 N–H and O–H groups in total. The Hall–Kier alpha value is -0.880. The molecule has 0 amide bonds. The minimum Gasteiger partial charge on any atom is -0.355 e. The minimum atomic E-state index is -4.17. The molecule has 3 rings (SSSR count). The largest absolute Gasteiger partial charge is 0.393 e. The molecule has 0 bridgehead atoms. The van der Waals surface area contributed by atoms with E-state index in [9.17, 15) is 13.2 Å². The molecule has 0 aromatic heterocycles. The quantitative estimate of drug-likeness (QED) is 0.791. The Kier molecular flexibility index (Phi) is 5.50. The Balaban J connectivity index is 0.00000208. The Labute approximate surface area is 148 Å². The average molecular weight is 360 g/mol. The molecule has 24 heavy (non-hydrogen) atoms. The van der Waals surface area contributed by atoms with E-state index in [4.69, 9.17) is 12.6 Å². The molecule has 1 fully saturated rings. The summed E-state index contributed by atoms with van der Waals surface area (Å²) < 4.78 is 38.1. The maximum Gasteiger partial charge on any atom is 0.393 e. The van der Waals surface area contributed by atoms with Crippen molar-refractivity contribution in [1.82, 2.24) is 4.90 Å². The summed E-state index contributed by atoms with van der Waals surface area (Å²) in [4.78, 5) is 4.12. The molecule has 1 saturated heterocycles. The van der Waals surface area contributed by atoms with Crippen LogP contribution in [0.2, 0.25) is 0 Å². The molecular weight excluding hydrogens is 333 g/mol. The normalized spacial score (nSPS) is 23.8. The summed E-state index contributed by atoms with van der Waals surface area (Å²) >= 11 is 4.94. The third kappa shape index (κ3) is 3.69. The van der Waals surface area contributed by atoms with Crippen molar-refractivity contribution in [3.05, 3.63) is 29.3 Å². The lowest BCUT2D eigenvalue weighted by Gasteiger charge is -2.44. The number of fused-ring (bicyclic) bond motifs is 1. The molecule has 2 heterocycles. The van der Waals surface area contributed by atoms with E-state index < -0.39 is 12.6 Å². The van der Waals surface area contributed by atoms with Gasteiger partial charge in [-0.15, -0.1) is 12.6 Å². The third-order valence-corrected chi connectivity index (χ3v) is 5.69. The number of rotatable bonds is 3. The Morgan fingerprint density at radius 1 is 1.25 bits per heavy atom. The molecule has 6 heteroatoms. The number of nitrogens with zero attached hydrogens (tertiary/aromatic N) is 2. The number of hydrogen-bond donors (Lipinski definition) is 1. The minimum absolute atomic E-state index is 0. The van der Waals surface area contributed by atoms with Gasteiger partial charge in [-0.25, -0.2) is 0 Å². The fraction of sp³-hybridized carbons (Fsp3) is 0.667. The predicted molar refractivity (Wildman–Crippen MR) is 97.0 cm³/mol. The van der Waals surface area contributed by atoms with Gasteiger partial charge in [0.15, 0.2) is 0 Å². The molecule has 1 aromatic rings. The Bertz CT molecular complexity index is 586. The molecule has 2 aliphatic heterocycles. The summed E-state index contributed by atoms with van der Waals surface area (Å²) in [6.45, 7) is 3.96. The second kappa shape index (κ2) is 6.79. The van der Waals surface area contributed by atoms with Crippen LogP contribution in [-0.2, 0) is 12.8 Å². The van der Waals surface area contributed by atoms with Crippen LogP contribution in [0.3, 0.4) is 0 Å². The van der Waals surface area contributed by atoms with Gasteiger partial charge in [-0.05, 0) is 57.0 Å². The third-order valence-electron chi connectivity index (χ3n) is 5.15. The molecule has 0 spiro atoms. The average Bonchev–Trinajstić information content (AvgIpc) is 3.02. The molecule has 2 unspecified atom stereocenters. The molecule has 2 atom stereocenters. The summed E-state index contributed by atoms with van der Waals surface area (Å²) in [5.41, 5.74) is 2.37.